The first-order valence-electron chi connectivity index (χ1n) is 10.7. The van der Waals surface area contributed by atoms with E-state index in [2.05, 4.69) is 5.16 Å². The molecule has 0 radical (unpaired) electrons. The summed E-state index contributed by atoms with van der Waals surface area (Å²) in [7, 11) is 0. The normalized spacial score (nSPS) is 18.6. The van der Waals surface area contributed by atoms with E-state index < -0.39 is 30.3 Å². The number of cyclic esters (lactones) is 1. The van der Waals surface area contributed by atoms with Gasteiger partial charge in [0, 0.05) is 20.6 Å². The second-order valence-corrected chi connectivity index (χ2v) is 7.78. The number of benzene rings is 1. The largest absolute Gasteiger partial charge is 0.442 e. The van der Waals surface area contributed by atoms with Crippen LogP contribution in [0.15, 0.2) is 35.1 Å². The number of anilines is 2. The van der Waals surface area contributed by atoms with E-state index in [1.807, 2.05) is 5.32 Å². The topological polar surface area (TPSA) is 117 Å². The van der Waals surface area contributed by atoms with Crippen LogP contribution in [0.5, 0.6) is 0 Å². The third-order valence-corrected chi connectivity index (χ3v) is 5.44. The average Bonchev–Trinajstić information content (AvgIpc) is 3.39. The number of hydroxylamine groups is 2. The minimum Gasteiger partial charge on any atom is -0.442 e. The van der Waals surface area contributed by atoms with Crippen LogP contribution in [0.3, 0.4) is 0 Å². The van der Waals surface area contributed by atoms with Crippen LogP contribution in [-0.2, 0) is 25.6 Å². The Hall–Kier alpha value is -3.81. The third-order valence-electron chi connectivity index (χ3n) is 5.44. The molecule has 2 aromatic rings. The molecule has 0 spiro atoms. The number of aromatic nitrogens is 1. The Bertz CT molecular complexity index is 1080. The van der Waals surface area contributed by atoms with Gasteiger partial charge in [-0.3, -0.25) is 19.3 Å². The molecule has 1 N–H and O–H groups in total. The van der Waals surface area contributed by atoms with Gasteiger partial charge in [-0.2, -0.15) is 8.78 Å². The van der Waals surface area contributed by atoms with Gasteiger partial charge in [0.15, 0.2) is 0 Å². The number of alkyl halides is 2. The molecule has 35 heavy (non-hydrogen) atoms. The Labute approximate surface area is 198 Å². The first-order chi connectivity index (χ1) is 16.8. The first kappa shape index (κ1) is 24.3. The van der Waals surface area contributed by atoms with E-state index in [0.717, 1.165) is 11.0 Å². The molecule has 14 heteroatoms. The maximum Gasteiger partial charge on any atom is 0.414 e. The molecule has 4 rings (SSSR count). The quantitative estimate of drug-likeness (QED) is 0.611. The fraction of sp³-hybridized carbons (Fsp3) is 0.429. The van der Waals surface area contributed by atoms with E-state index in [1.54, 1.807) is 11.0 Å². The number of carbonyl (C=O) groups is 3. The summed E-state index contributed by atoms with van der Waals surface area (Å²) >= 11 is 0. The van der Waals surface area contributed by atoms with Crippen molar-refractivity contribution >= 4 is 29.3 Å². The van der Waals surface area contributed by atoms with Crippen LogP contribution in [0, 0.1) is 5.82 Å². The Morgan fingerprint density at radius 2 is 2.06 bits per heavy atom. The number of ether oxygens (including phenoxy) is 1. The monoisotopic (exact) mass is 499 g/mol. The summed E-state index contributed by atoms with van der Waals surface area (Å²) < 4.78 is 49.4. The van der Waals surface area contributed by atoms with Crippen molar-refractivity contribution in [2.75, 3.05) is 49.1 Å². The first-order valence-corrected chi connectivity index (χ1v) is 10.7. The highest BCUT2D eigenvalue weighted by molar-refractivity contribution is 5.90. The van der Waals surface area contributed by atoms with Crippen molar-refractivity contribution < 1.29 is 43.1 Å². The SMILES string of the molecule is O=C(NC[C@H]1CN(c2ccc(N3CCON(C(=O)Cc4ccon4)CC3)c(F)c2)C(=O)O1)C(F)F.[HH]. The Morgan fingerprint density at radius 3 is 2.77 bits per heavy atom. The highest BCUT2D eigenvalue weighted by atomic mass is 19.3. The molecule has 1 aromatic carbocycles. The van der Waals surface area contributed by atoms with Crippen molar-refractivity contribution in [2.24, 2.45) is 0 Å². The van der Waals surface area contributed by atoms with Crippen LogP contribution >= 0.6 is 0 Å². The molecule has 3 amide bonds. The summed E-state index contributed by atoms with van der Waals surface area (Å²) in [6.45, 7) is 0.644. The van der Waals surface area contributed by atoms with Crippen molar-refractivity contribution in [1.82, 2.24) is 15.5 Å². The molecule has 2 aliphatic rings. The predicted molar refractivity (Wildman–Crippen MR) is 115 cm³/mol. The second kappa shape index (κ2) is 10.6. The van der Waals surface area contributed by atoms with Crippen molar-refractivity contribution in [3.63, 3.8) is 0 Å². The molecule has 0 bridgehead atoms. The second-order valence-electron chi connectivity index (χ2n) is 7.78. The summed E-state index contributed by atoms with van der Waals surface area (Å²) in [4.78, 5) is 44.0. The summed E-state index contributed by atoms with van der Waals surface area (Å²) in [5, 5.41) is 6.91. The molecule has 0 saturated carbocycles. The zero-order chi connectivity index (χ0) is 24.9. The lowest BCUT2D eigenvalue weighted by molar-refractivity contribution is -0.181. The molecule has 1 atom stereocenters. The number of hydrogen-bond acceptors (Lipinski definition) is 8. The summed E-state index contributed by atoms with van der Waals surface area (Å²) in [5.74, 6) is -2.37. The van der Waals surface area contributed by atoms with Crippen LogP contribution in [0.2, 0.25) is 0 Å². The molecule has 190 valence electrons. The summed E-state index contributed by atoms with van der Waals surface area (Å²) in [5.41, 5.74) is 0.950. The standard InChI is InChI=1S/C21H22F3N5O6.H2/c22-16-10-14(28-12-15(35-21(28)32)11-25-20(31)19(23)24)1-2-17(16)27-4-5-29(34-8-6-27)18(30)9-13-3-7-33-26-13;/h1-3,7,10,15,19H,4-6,8-9,11-12H2,(H,25,31);1H/t15-;/m0./s1. The van der Waals surface area contributed by atoms with Crippen molar-refractivity contribution in [2.45, 2.75) is 19.0 Å². The molecule has 1 aromatic heterocycles. The molecule has 0 unspecified atom stereocenters. The lowest BCUT2D eigenvalue weighted by Gasteiger charge is -2.24. The molecule has 2 aliphatic heterocycles. The van der Waals surface area contributed by atoms with Crippen LogP contribution < -0.4 is 15.1 Å². The van der Waals surface area contributed by atoms with E-state index in [-0.39, 0.29) is 51.4 Å². The van der Waals surface area contributed by atoms with Gasteiger partial charge in [-0.1, -0.05) is 5.16 Å². The lowest BCUT2D eigenvalue weighted by Crippen LogP contribution is -2.37. The molecule has 0 aliphatic carbocycles. The van der Waals surface area contributed by atoms with E-state index in [9.17, 15) is 27.6 Å². The molecule has 11 nitrogen and oxygen atoms in total. The van der Waals surface area contributed by atoms with Gasteiger partial charge >= 0.3 is 12.5 Å². The maximum atomic E-state index is 15.0. The highest BCUT2D eigenvalue weighted by Gasteiger charge is 2.33. The van der Waals surface area contributed by atoms with Crippen LogP contribution in [0.4, 0.5) is 29.3 Å². The fourth-order valence-corrected chi connectivity index (χ4v) is 3.71. The van der Waals surface area contributed by atoms with E-state index in [4.69, 9.17) is 14.1 Å². The average molecular weight is 499 g/mol. The minimum atomic E-state index is -3.17. The molecule has 2 fully saturated rings. The number of rotatable bonds is 7. The van der Waals surface area contributed by atoms with Gasteiger partial charge in [0.2, 0.25) is 0 Å². The number of halogens is 3. The molecule has 3 heterocycles. The lowest BCUT2D eigenvalue weighted by atomic mass is 10.2. The molecule has 2 saturated heterocycles. The molecular weight excluding hydrogens is 475 g/mol. The Balaban J connectivity index is 0.00000361. The number of hydrogen-bond donors (Lipinski definition) is 1. The third kappa shape index (κ3) is 5.82. The Kier molecular flexibility index (Phi) is 7.39. The van der Waals surface area contributed by atoms with E-state index >= 15 is 0 Å². The summed E-state index contributed by atoms with van der Waals surface area (Å²) in [6, 6.07) is 5.77. The maximum absolute atomic E-state index is 15.0. The number of carbonyl (C=O) groups excluding carboxylic acids is 3. The van der Waals surface area contributed by atoms with Crippen LogP contribution in [-0.4, -0.2) is 80.0 Å². The zero-order valence-corrected chi connectivity index (χ0v) is 18.4. The number of nitrogens with one attached hydrogen (secondary N) is 1. The van der Waals surface area contributed by atoms with Gasteiger partial charge in [-0.25, -0.2) is 14.2 Å². The number of nitrogens with zero attached hydrogens (tertiary/aromatic N) is 4. The Morgan fingerprint density at radius 1 is 1.23 bits per heavy atom. The smallest absolute Gasteiger partial charge is 0.414 e. The van der Waals surface area contributed by atoms with Crippen molar-refractivity contribution in [3.8, 4) is 0 Å². The predicted octanol–water partition coefficient (Wildman–Crippen LogP) is 1.59. The van der Waals surface area contributed by atoms with Gasteiger partial charge in [0.05, 0.1) is 49.7 Å². The van der Waals surface area contributed by atoms with Crippen LogP contribution in [0.25, 0.3) is 0 Å². The highest BCUT2D eigenvalue weighted by Crippen LogP contribution is 2.28. The van der Waals surface area contributed by atoms with Crippen LogP contribution in [0.1, 0.15) is 7.12 Å². The van der Waals surface area contributed by atoms with Crippen molar-refractivity contribution in [3.05, 3.63) is 42.0 Å². The molecular formula is C21H24F3N5O6. The van der Waals surface area contributed by atoms with Gasteiger partial charge < -0.3 is 19.5 Å². The fourth-order valence-electron chi connectivity index (χ4n) is 3.71. The number of amides is 3. The zero-order valence-electron chi connectivity index (χ0n) is 18.4. The minimum absolute atomic E-state index is 0. The van der Waals surface area contributed by atoms with Gasteiger partial charge in [-0.05, 0) is 18.2 Å². The van der Waals surface area contributed by atoms with E-state index in [1.165, 1.54) is 23.5 Å². The van der Waals surface area contributed by atoms with E-state index in [0.29, 0.717) is 18.8 Å². The van der Waals surface area contributed by atoms with Gasteiger partial charge in [-0.15, -0.1) is 0 Å². The van der Waals surface area contributed by atoms with Gasteiger partial charge in [0.25, 0.3) is 11.8 Å². The van der Waals surface area contributed by atoms with Crippen molar-refractivity contribution in [1.29, 1.82) is 0 Å². The summed E-state index contributed by atoms with van der Waals surface area (Å²) in [6.07, 6.45) is -3.42. The van der Waals surface area contributed by atoms with Gasteiger partial charge in [0.1, 0.15) is 18.2 Å².